The third kappa shape index (κ3) is 3.73. The van der Waals surface area contributed by atoms with Crippen LogP contribution in [0.15, 0.2) is 33.6 Å². The van der Waals surface area contributed by atoms with Gasteiger partial charge in [0.25, 0.3) is 0 Å². The second kappa shape index (κ2) is 6.59. The van der Waals surface area contributed by atoms with Gasteiger partial charge in [0, 0.05) is 35.5 Å². The van der Waals surface area contributed by atoms with E-state index in [0.29, 0.717) is 0 Å². The SMILES string of the molecule is CC(Sc1ccc(Br)cc1)C(=O)N1CCNCC1. The van der Waals surface area contributed by atoms with E-state index >= 15 is 0 Å². The maximum absolute atomic E-state index is 12.2. The van der Waals surface area contributed by atoms with Crippen molar-refractivity contribution < 1.29 is 4.79 Å². The highest BCUT2D eigenvalue weighted by atomic mass is 79.9. The van der Waals surface area contributed by atoms with Crippen molar-refractivity contribution in [3.8, 4) is 0 Å². The van der Waals surface area contributed by atoms with Crippen LogP contribution in [0.2, 0.25) is 0 Å². The van der Waals surface area contributed by atoms with Crippen molar-refractivity contribution in [2.45, 2.75) is 17.1 Å². The zero-order chi connectivity index (χ0) is 13.0. The van der Waals surface area contributed by atoms with Gasteiger partial charge in [0.15, 0.2) is 0 Å². The minimum Gasteiger partial charge on any atom is -0.339 e. The van der Waals surface area contributed by atoms with Gasteiger partial charge in [0.2, 0.25) is 5.91 Å². The summed E-state index contributed by atoms with van der Waals surface area (Å²) >= 11 is 5.03. The van der Waals surface area contributed by atoms with Crippen molar-refractivity contribution in [3.63, 3.8) is 0 Å². The summed E-state index contributed by atoms with van der Waals surface area (Å²) in [7, 11) is 0. The summed E-state index contributed by atoms with van der Waals surface area (Å²) in [4.78, 5) is 15.3. The summed E-state index contributed by atoms with van der Waals surface area (Å²) in [5.74, 6) is 0.240. The van der Waals surface area contributed by atoms with E-state index in [4.69, 9.17) is 0 Å². The summed E-state index contributed by atoms with van der Waals surface area (Å²) in [6.07, 6.45) is 0. The number of benzene rings is 1. The number of hydrogen-bond donors (Lipinski definition) is 1. The lowest BCUT2D eigenvalue weighted by Crippen LogP contribution is -2.48. The van der Waals surface area contributed by atoms with E-state index in [1.807, 2.05) is 36.1 Å². The van der Waals surface area contributed by atoms with E-state index < -0.39 is 0 Å². The van der Waals surface area contributed by atoms with Gasteiger partial charge in [-0.2, -0.15) is 0 Å². The first-order chi connectivity index (χ1) is 8.66. The average Bonchev–Trinajstić information content (AvgIpc) is 2.41. The van der Waals surface area contributed by atoms with Crippen LogP contribution in [0.3, 0.4) is 0 Å². The van der Waals surface area contributed by atoms with Gasteiger partial charge in [0.05, 0.1) is 5.25 Å². The molecule has 0 aromatic heterocycles. The molecule has 3 nitrogen and oxygen atoms in total. The van der Waals surface area contributed by atoms with Crippen LogP contribution in [0, 0.1) is 0 Å². The molecule has 1 aromatic carbocycles. The van der Waals surface area contributed by atoms with Gasteiger partial charge >= 0.3 is 0 Å². The number of carbonyl (C=O) groups is 1. The molecule has 1 fully saturated rings. The molecule has 1 aliphatic rings. The number of nitrogens with one attached hydrogen (secondary N) is 1. The molecule has 1 unspecified atom stereocenters. The molecular formula is C13H17BrN2OS. The second-order valence-corrected chi connectivity index (χ2v) is 6.62. The van der Waals surface area contributed by atoms with E-state index in [-0.39, 0.29) is 11.2 Å². The van der Waals surface area contributed by atoms with E-state index in [9.17, 15) is 4.79 Å². The van der Waals surface area contributed by atoms with Crippen LogP contribution in [-0.2, 0) is 4.79 Å². The molecule has 2 rings (SSSR count). The Balaban J connectivity index is 1.92. The molecule has 1 saturated heterocycles. The van der Waals surface area contributed by atoms with Gasteiger partial charge in [-0.05, 0) is 31.2 Å². The van der Waals surface area contributed by atoms with Crippen molar-refractivity contribution in [1.82, 2.24) is 10.2 Å². The maximum atomic E-state index is 12.2. The molecule has 1 N–H and O–H groups in total. The van der Waals surface area contributed by atoms with Crippen molar-refractivity contribution in [2.75, 3.05) is 26.2 Å². The van der Waals surface area contributed by atoms with Gasteiger partial charge in [-0.3, -0.25) is 4.79 Å². The fraction of sp³-hybridized carbons (Fsp3) is 0.462. The number of halogens is 1. The van der Waals surface area contributed by atoms with E-state index in [1.165, 1.54) is 0 Å². The predicted molar refractivity (Wildman–Crippen MR) is 78.9 cm³/mol. The Bertz CT molecular complexity index is 404. The fourth-order valence-corrected chi connectivity index (χ4v) is 3.13. The first-order valence-electron chi connectivity index (χ1n) is 6.08. The number of piperazine rings is 1. The molecule has 1 amide bonds. The van der Waals surface area contributed by atoms with E-state index in [1.54, 1.807) is 11.8 Å². The molecule has 0 saturated carbocycles. The molecule has 0 radical (unpaired) electrons. The van der Waals surface area contributed by atoms with Crippen LogP contribution in [0.5, 0.6) is 0 Å². The number of rotatable bonds is 3. The summed E-state index contributed by atoms with van der Waals surface area (Å²) in [6.45, 7) is 5.44. The number of hydrogen-bond acceptors (Lipinski definition) is 3. The largest absolute Gasteiger partial charge is 0.339 e. The van der Waals surface area contributed by atoms with Crippen molar-refractivity contribution >= 4 is 33.6 Å². The van der Waals surface area contributed by atoms with Crippen LogP contribution in [0.1, 0.15) is 6.92 Å². The van der Waals surface area contributed by atoms with Crippen LogP contribution < -0.4 is 5.32 Å². The smallest absolute Gasteiger partial charge is 0.235 e. The molecule has 1 aromatic rings. The Morgan fingerprint density at radius 2 is 1.94 bits per heavy atom. The third-order valence-corrected chi connectivity index (χ3v) is 4.53. The topological polar surface area (TPSA) is 32.3 Å². The summed E-state index contributed by atoms with van der Waals surface area (Å²) in [6, 6.07) is 8.08. The van der Waals surface area contributed by atoms with Gasteiger partial charge in [0.1, 0.15) is 0 Å². The van der Waals surface area contributed by atoms with Gasteiger partial charge < -0.3 is 10.2 Å². The molecule has 98 valence electrons. The molecule has 0 aliphatic carbocycles. The Morgan fingerprint density at radius 3 is 2.56 bits per heavy atom. The zero-order valence-electron chi connectivity index (χ0n) is 10.4. The highest BCUT2D eigenvalue weighted by Gasteiger charge is 2.22. The number of amides is 1. The minimum atomic E-state index is -0.0238. The van der Waals surface area contributed by atoms with Crippen molar-refractivity contribution in [2.24, 2.45) is 0 Å². The maximum Gasteiger partial charge on any atom is 0.235 e. The molecule has 18 heavy (non-hydrogen) atoms. The fourth-order valence-electron chi connectivity index (χ4n) is 1.91. The van der Waals surface area contributed by atoms with Gasteiger partial charge in [-0.25, -0.2) is 0 Å². The molecular weight excluding hydrogens is 312 g/mol. The Morgan fingerprint density at radius 1 is 1.33 bits per heavy atom. The molecule has 1 aliphatic heterocycles. The molecule has 0 bridgehead atoms. The normalized spacial score (nSPS) is 17.6. The van der Waals surface area contributed by atoms with E-state index in [2.05, 4.69) is 21.2 Å². The Labute approximate surface area is 120 Å². The van der Waals surface area contributed by atoms with Crippen LogP contribution in [0.25, 0.3) is 0 Å². The molecule has 0 spiro atoms. The summed E-state index contributed by atoms with van der Waals surface area (Å²) < 4.78 is 1.06. The highest BCUT2D eigenvalue weighted by Crippen LogP contribution is 2.26. The van der Waals surface area contributed by atoms with Gasteiger partial charge in [-0.1, -0.05) is 15.9 Å². The second-order valence-electron chi connectivity index (χ2n) is 4.29. The number of thioether (sulfide) groups is 1. The lowest BCUT2D eigenvalue weighted by molar-refractivity contribution is -0.130. The number of nitrogens with zero attached hydrogens (tertiary/aromatic N) is 1. The quantitative estimate of drug-likeness (QED) is 0.864. The highest BCUT2D eigenvalue weighted by molar-refractivity contribution is 9.10. The first kappa shape index (κ1) is 13.9. The first-order valence-corrected chi connectivity index (χ1v) is 7.76. The Kier molecular flexibility index (Phi) is 5.09. The molecule has 1 atom stereocenters. The number of carbonyl (C=O) groups excluding carboxylic acids is 1. The lowest BCUT2D eigenvalue weighted by atomic mass is 10.3. The Hall–Kier alpha value is -0.520. The van der Waals surface area contributed by atoms with Crippen molar-refractivity contribution in [1.29, 1.82) is 0 Å². The van der Waals surface area contributed by atoms with Crippen LogP contribution in [-0.4, -0.2) is 42.2 Å². The van der Waals surface area contributed by atoms with Crippen molar-refractivity contribution in [3.05, 3.63) is 28.7 Å². The van der Waals surface area contributed by atoms with Crippen LogP contribution in [0.4, 0.5) is 0 Å². The summed E-state index contributed by atoms with van der Waals surface area (Å²) in [5.41, 5.74) is 0. The lowest BCUT2D eigenvalue weighted by Gasteiger charge is -2.29. The van der Waals surface area contributed by atoms with E-state index in [0.717, 1.165) is 35.5 Å². The van der Waals surface area contributed by atoms with Crippen LogP contribution >= 0.6 is 27.7 Å². The summed E-state index contributed by atoms with van der Waals surface area (Å²) in [5, 5.41) is 3.23. The standard InChI is InChI=1S/C13H17BrN2OS/c1-10(13(17)16-8-6-15-7-9-16)18-12-4-2-11(14)3-5-12/h2-5,10,15H,6-9H2,1H3. The average molecular weight is 329 g/mol. The minimum absolute atomic E-state index is 0.0238. The van der Waals surface area contributed by atoms with Gasteiger partial charge in [-0.15, -0.1) is 11.8 Å². The third-order valence-electron chi connectivity index (χ3n) is 2.90. The predicted octanol–water partition coefficient (Wildman–Crippen LogP) is 2.36. The zero-order valence-corrected chi connectivity index (χ0v) is 12.8. The molecule has 1 heterocycles. The molecule has 5 heteroatoms. The monoisotopic (exact) mass is 328 g/mol.